The van der Waals surface area contributed by atoms with E-state index in [0.717, 1.165) is 12.3 Å². The molecule has 14 nitrogen and oxygen atoms in total. The third kappa shape index (κ3) is 6.66. The number of nitrogens with one attached hydrogen (secondary N) is 4. The zero-order valence-electron chi connectivity index (χ0n) is 16.5. The number of carboxylic acid groups (broad SMARTS) is 2. The van der Waals surface area contributed by atoms with Crippen molar-refractivity contribution in [3.63, 3.8) is 0 Å². The second-order valence-corrected chi connectivity index (χ2v) is 6.89. The molecule has 10 N–H and O–H groups in total. The standard InChI is InChI=1S/C17H22FN7O7/c18-8-3-6(22-10(26)4-7-13(19)24-17(20)25-14(7)29)5-21-12(8)15(30)23-9(16(31)32)1-2-11(27)28/h3,5,7,9,13,17,24H,1-2,4,19-20H2,(H,22,26)(H,23,30)(H,25,29)(H,27,28)(H,31,32)/t7?,9-,13?,17?/m0/s1. The van der Waals surface area contributed by atoms with E-state index in [1.54, 1.807) is 0 Å². The van der Waals surface area contributed by atoms with Crippen LogP contribution >= 0.6 is 0 Å². The molecule has 3 unspecified atom stereocenters. The number of pyridine rings is 1. The van der Waals surface area contributed by atoms with Crippen molar-refractivity contribution >= 4 is 35.3 Å². The summed E-state index contributed by atoms with van der Waals surface area (Å²) < 4.78 is 14.3. The number of aliphatic carboxylic acids is 2. The lowest BCUT2D eigenvalue weighted by atomic mass is 9.98. The Morgan fingerprint density at radius 1 is 1.25 bits per heavy atom. The molecular weight excluding hydrogens is 433 g/mol. The molecule has 174 valence electrons. The fraction of sp³-hybridized carbons (Fsp3) is 0.412. The Bertz CT molecular complexity index is 929. The first kappa shape index (κ1) is 24.6. The fourth-order valence-corrected chi connectivity index (χ4v) is 2.85. The van der Waals surface area contributed by atoms with Crippen molar-refractivity contribution in [1.29, 1.82) is 0 Å². The maximum Gasteiger partial charge on any atom is 0.326 e. The zero-order valence-corrected chi connectivity index (χ0v) is 16.5. The van der Waals surface area contributed by atoms with E-state index in [2.05, 4.69) is 20.9 Å². The Labute approximate surface area is 179 Å². The van der Waals surface area contributed by atoms with Gasteiger partial charge in [0, 0.05) is 18.9 Å². The lowest BCUT2D eigenvalue weighted by molar-refractivity contribution is -0.140. The third-order valence-electron chi connectivity index (χ3n) is 4.44. The van der Waals surface area contributed by atoms with Crippen molar-refractivity contribution in [3.8, 4) is 0 Å². The van der Waals surface area contributed by atoms with Crippen LogP contribution in [0.4, 0.5) is 10.1 Å². The molecule has 4 atom stereocenters. The Morgan fingerprint density at radius 3 is 2.50 bits per heavy atom. The highest BCUT2D eigenvalue weighted by Gasteiger charge is 2.34. The van der Waals surface area contributed by atoms with Gasteiger partial charge in [-0.25, -0.2) is 14.2 Å². The van der Waals surface area contributed by atoms with Crippen molar-refractivity contribution in [2.24, 2.45) is 17.4 Å². The molecule has 0 saturated carbocycles. The average Bonchev–Trinajstić information content (AvgIpc) is 2.67. The summed E-state index contributed by atoms with van der Waals surface area (Å²) >= 11 is 0. The molecule has 1 aromatic rings. The maximum absolute atomic E-state index is 14.3. The Balaban J connectivity index is 2.00. The van der Waals surface area contributed by atoms with Crippen molar-refractivity contribution < 1.29 is 38.6 Å². The summed E-state index contributed by atoms with van der Waals surface area (Å²) in [6.45, 7) is 0. The van der Waals surface area contributed by atoms with Gasteiger partial charge in [-0.3, -0.25) is 30.2 Å². The summed E-state index contributed by atoms with van der Waals surface area (Å²) in [4.78, 5) is 61.5. The van der Waals surface area contributed by atoms with E-state index in [-0.39, 0.29) is 12.1 Å². The van der Waals surface area contributed by atoms with E-state index in [1.807, 2.05) is 5.32 Å². The van der Waals surface area contributed by atoms with Gasteiger partial charge < -0.3 is 31.9 Å². The quantitative estimate of drug-likeness (QED) is 0.193. The number of nitrogens with two attached hydrogens (primary N) is 2. The number of carbonyl (C=O) groups excluding carboxylic acids is 3. The van der Waals surface area contributed by atoms with E-state index in [0.29, 0.717) is 0 Å². The zero-order chi connectivity index (χ0) is 24.0. The summed E-state index contributed by atoms with van der Waals surface area (Å²) in [6, 6.07) is -0.784. The number of carboxylic acids is 2. The minimum atomic E-state index is -1.56. The molecule has 1 fully saturated rings. The predicted molar refractivity (Wildman–Crippen MR) is 104 cm³/mol. The molecule has 0 spiro atoms. The lowest BCUT2D eigenvalue weighted by Crippen LogP contribution is -2.67. The van der Waals surface area contributed by atoms with Crippen LogP contribution in [0.15, 0.2) is 12.3 Å². The molecule has 15 heteroatoms. The molecule has 2 heterocycles. The largest absolute Gasteiger partial charge is 0.481 e. The molecule has 0 bridgehead atoms. The van der Waals surface area contributed by atoms with Crippen LogP contribution < -0.4 is 32.7 Å². The number of halogens is 1. The second kappa shape index (κ2) is 10.6. The molecule has 1 aliphatic heterocycles. The van der Waals surface area contributed by atoms with Crippen molar-refractivity contribution in [3.05, 3.63) is 23.8 Å². The van der Waals surface area contributed by atoms with Gasteiger partial charge in [-0.2, -0.15) is 0 Å². The second-order valence-electron chi connectivity index (χ2n) is 6.89. The molecule has 0 aliphatic carbocycles. The summed E-state index contributed by atoms with van der Waals surface area (Å²) in [5, 5.41) is 27.0. The van der Waals surface area contributed by atoms with Crippen LogP contribution in [0.3, 0.4) is 0 Å². The molecule has 0 radical (unpaired) electrons. The minimum Gasteiger partial charge on any atom is -0.481 e. The Morgan fingerprint density at radius 2 is 1.94 bits per heavy atom. The SMILES string of the molecule is NC1NC(=O)C(CC(=O)Nc2cnc(C(=O)N[C@@H](CCC(=O)O)C(=O)O)c(F)c2)C(N)N1. The van der Waals surface area contributed by atoms with Gasteiger partial charge in [0.05, 0.1) is 24.0 Å². The highest BCUT2D eigenvalue weighted by atomic mass is 19.1. The number of hydrogen-bond donors (Lipinski definition) is 8. The molecule has 32 heavy (non-hydrogen) atoms. The van der Waals surface area contributed by atoms with Gasteiger partial charge in [0.1, 0.15) is 12.3 Å². The number of rotatable bonds is 9. The smallest absolute Gasteiger partial charge is 0.326 e. The number of amides is 3. The summed E-state index contributed by atoms with van der Waals surface area (Å²) in [5.41, 5.74) is 10.4. The van der Waals surface area contributed by atoms with Crippen molar-refractivity contribution in [1.82, 2.24) is 20.9 Å². The highest BCUT2D eigenvalue weighted by Crippen LogP contribution is 2.15. The number of anilines is 1. The summed E-state index contributed by atoms with van der Waals surface area (Å²) in [5.74, 6) is -7.25. The molecular formula is C17H22FN7O7. The van der Waals surface area contributed by atoms with Crippen molar-refractivity contribution in [2.45, 2.75) is 37.8 Å². The van der Waals surface area contributed by atoms with Crippen LogP contribution in [0.5, 0.6) is 0 Å². The molecule has 1 aliphatic rings. The van der Waals surface area contributed by atoms with Gasteiger partial charge in [-0.05, 0) is 6.42 Å². The molecule has 1 aromatic heterocycles. The van der Waals surface area contributed by atoms with Gasteiger partial charge >= 0.3 is 11.9 Å². The van der Waals surface area contributed by atoms with E-state index < -0.39 is 78.4 Å². The third-order valence-corrected chi connectivity index (χ3v) is 4.44. The van der Waals surface area contributed by atoms with Gasteiger partial charge in [0.2, 0.25) is 11.8 Å². The van der Waals surface area contributed by atoms with Crippen molar-refractivity contribution in [2.75, 3.05) is 5.32 Å². The summed E-state index contributed by atoms with van der Waals surface area (Å²) in [7, 11) is 0. The van der Waals surface area contributed by atoms with Crippen LogP contribution in [0.25, 0.3) is 0 Å². The van der Waals surface area contributed by atoms with Gasteiger partial charge in [-0.15, -0.1) is 0 Å². The van der Waals surface area contributed by atoms with Crippen LogP contribution in [0, 0.1) is 11.7 Å². The predicted octanol–water partition coefficient (Wildman–Crippen LogP) is -2.54. The lowest BCUT2D eigenvalue weighted by Gasteiger charge is -2.33. The average molecular weight is 455 g/mol. The van der Waals surface area contributed by atoms with Gasteiger partial charge in [-0.1, -0.05) is 0 Å². The minimum absolute atomic E-state index is 0.126. The Hall–Kier alpha value is -3.69. The van der Waals surface area contributed by atoms with Crippen LogP contribution in [-0.4, -0.2) is 63.4 Å². The number of hydrogen-bond acceptors (Lipinski definition) is 9. The number of aromatic nitrogens is 1. The van der Waals surface area contributed by atoms with Gasteiger partial charge in [0.25, 0.3) is 5.91 Å². The van der Waals surface area contributed by atoms with E-state index in [9.17, 15) is 28.4 Å². The van der Waals surface area contributed by atoms with E-state index in [4.69, 9.17) is 21.7 Å². The first-order valence-electron chi connectivity index (χ1n) is 9.26. The van der Waals surface area contributed by atoms with Crippen LogP contribution in [0.1, 0.15) is 29.8 Å². The maximum atomic E-state index is 14.3. The highest BCUT2D eigenvalue weighted by molar-refractivity contribution is 5.97. The first-order valence-corrected chi connectivity index (χ1v) is 9.26. The normalized spacial score (nSPS) is 21.2. The molecule has 2 rings (SSSR count). The van der Waals surface area contributed by atoms with Crippen LogP contribution in [0.2, 0.25) is 0 Å². The molecule has 3 amide bonds. The molecule has 1 saturated heterocycles. The van der Waals surface area contributed by atoms with Gasteiger partial charge in [0.15, 0.2) is 11.5 Å². The number of nitrogens with zero attached hydrogens (tertiary/aromatic N) is 1. The summed E-state index contributed by atoms with van der Waals surface area (Å²) in [6.07, 6.45) is -2.06. The van der Waals surface area contributed by atoms with E-state index >= 15 is 0 Å². The van der Waals surface area contributed by atoms with E-state index in [1.165, 1.54) is 0 Å². The van der Waals surface area contributed by atoms with Crippen LogP contribution in [-0.2, 0) is 19.2 Å². The monoisotopic (exact) mass is 455 g/mol. The first-order chi connectivity index (χ1) is 15.0. The molecule has 0 aromatic carbocycles. The Kier molecular flexibility index (Phi) is 8.11. The number of carbonyl (C=O) groups is 5. The fourth-order valence-electron chi connectivity index (χ4n) is 2.85. The topological polar surface area (TPSA) is 239 Å².